The third-order valence-electron chi connectivity index (χ3n) is 4.79. The molecule has 1 aromatic heterocycles. The molecule has 2 heterocycles. The van der Waals surface area contributed by atoms with Crippen LogP contribution in [0.25, 0.3) is 0 Å². The van der Waals surface area contributed by atoms with Crippen molar-refractivity contribution in [2.75, 3.05) is 18.7 Å². The number of benzene rings is 2. The van der Waals surface area contributed by atoms with Gasteiger partial charge in [0.2, 0.25) is 6.79 Å². The fourth-order valence-corrected chi connectivity index (χ4v) is 4.11. The van der Waals surface area contributed by atoms with E-state index in [-0.39, 0.29) is 18.7 Å². The van der Waals surface area contributed by atoms with E-state index in [1.165, 1.54) is 16.0 Å². The smallest absolute Gasteiger partial charge is 0.279 e. The first kappa shape index (κ1) is 18.5. The van der Waals surface area contributed by atoms with Gasteiger partial charge in [0.25, 0.3) is 5.91 Å². The summed E-state index contributed by atoms with van der Waals surface area (Å²) in [4.78, 5) is 13.7. The first-order valence-corrected chi connectivity index (χ1v) is 10.3. The van der Waals surface area contributed by atoms with Gasteiger partial charge in [0.1, 0.15) is 6.04 Å². The molecule has 2 aromatic carbocycles. The monoisotopic (exact) mass is 395 g/mol. The summed E-state index contributed by atoms with van der Waals surface area (Å²) in [6.07, 6.45) is 1.02. The maximum absolute atomic E-state index is 12.5. The molecule has 1 atom stereocenters. The summed E-state index contributed by atoms with van der Waals surface area (Å²) in [6.45, 7) is 2.70. The third-order valence-corrected chi connectivity index (χ3v) is 5.75. The van der Waals surface area contributed by atoms with Crippen molar-refractivity contribution in [3.05, 3.63) is 76.0 Å². The molecule has 28 heavy (non-hydrogen) atoms. The lowest BCUT2D eigenvalue weighted by atomic mass is 10.0. The van der Waals surface area contributed by atoms with Gasteiger partial charge in [-0.15, -0.1) is 11.3 Å². The van der Waals surface area contributed by atoms with Gasteiger partial charge in [-0.25, -0.2) is 0 Å². The number of ether oxygens (including phenoxy) is 2. The molecule has 0 bridgehead atoms. The lowest BCUT2D eigenvalue weighted by Crippen LogP contribution is -2.87. The molecule has 6 heteroatoms. The number of carbonyl (C=O) groups is 1. The van der Waals surface area contributed by atoms with Crippen LogP contribution in [0.2, 0.25) is 0 Å². The standard InChI is InChI=1S/C22H22N2O3S/c1-2-15-5-7-16(8-6-15)22(20-4-3-11-28-20)23-13-21(25)24-17-9-10-18-19(12-17)27-14-26-18/h3-12,22-23H,2,13-14H2,1H3,(H,24,25)/p+1/t22-/m1/s1. The number of thiophene rings is 1. The fraction of sp³-hybridized carbons (Fsp3) is 0.227. The number of nitrogens with two attached hydrogens (primary N) is 1. The highest BCUT2D eigenvalue weighted by atomic mass is 32.1. The number of hydrogen-bond donors (Lipinski definition) is 2. The summed E-state index contributed by atoms with van der Waals surface area (Å²) in [7, 11) is 0. The van der Waals surface area contributed by atoms with Crippen LogP contribution in [0.1, 0.15) is 29.0 Å². The molecule has 144 valence electrons. The van der Waals surface area contributed by atoms with Crippen LogP contribution in [-0.2, 0) is 11.2 Å². The molecule has 5 nitrogen and oxygen atoms in total. The van der Waals surface area contributed by atoms with Crippen LogP contribution in [0.4, 0.5) is 5.69 Å². The molecule has 0 spiro atoms. The van der Waals surface area contributed by atoms with Gasteiger partial charge in [-0.3, -0.25) is 4.79 Å². The van der Waals surface area contributed by atoms with E-state index < -0.39 is 0 Å². The first-order chi connectivity index (χ1) is 13.7. The largest absolute Gasteiger partial charge is 0.454 e. The molecular formula is C22H23N2O3S+. The zero-order valence-electron chi connectivity index (χ0n) is 15.7. The van der Waals surface area contributed by atoms with Gasteiger partial charge in [0.05, 0.1) is 4.88 Å². The Kier molecular flexibility index (Phi) is 5.60. The number of carbonyl (C=O) groups excluding carboxylic acids is 1. The summed E-state index contributed by atoms with van der Waals surface area (Å²) in [5.41, 5.74) is 3.23. The molecule has 0 saturated heterocycles. The fourth-order valence-electron chi connectivity index (χ4n) is 3.26. The van der Waals surface area contributed by atoms with Crippen molar-refractivity contribution >= 4 is 22.9 Å². The van der Waals surface area contributed by atoms with E-state index >= 15 is 0 Å². The van der Waals surface area contributed by atoms with Crippen molar-refractivity contribution in [1.29, 1.82) is 0 Å². The summed E-state index contributed by atoms with van der Waals surface area (Å²) >= 11 is 1.71. The topological polar surface area (TPSA) is 64.2 Å². The van der Waals surface area contributed by atoms with Crippen LogP contribution in [0.3, 0.4) is 0 Å². The average Bonchev–Trinajstić information content (AvgIpc) is 3.40. The molecular weight excluding hydrogens is 372 g/mol. The van der Waals surface area contributed by atoms with Crippen LogP contribution in [-0.4, -0.2) is 19.2 Å². The van der Waals surface area contributed by atoms with E-state index in [0.717, 1.165) is 6.42 Å². The predicted molar refractivity (Wildman–Crippen MR) is 110 cm³/mol. The van der Waals surface area contributed by atoms with Crippen LogP contribution >= 0.6 is 11.3 Å². The number of amides is 1. The number of quaternary nitrogens is 1. The minimum Gasteiger partial charge on any atom is -0.454 e. The SMILES string of the molecule is CCc1ccc([C@@H]([NH2+]CC(=O)Nc2ccc3c(c2)OCO3)c2cccs2)cc1. The van der Waals surface area contributed by atoms with Crippen molar-refractivity contribution < 1.29 is 19.6 Å². The lowest BCUT2D eigenvalue weighted by molar-refractivity contribution is -0.675. The number of rotatable bonds is 7. The van der Waals surface area contributed by atoms with Gasteiger partial charge in [0.15, 0.2) is 18.0 Å². The third kappa shape index (κ3) is 4.18. The highest BCUT2D eigenvalue weighted by Crippen LogP contribution is 2.34. The molecule has 0 fully saturated rings. The average molecular weight is 396 g/mol. The minimum atomic E-state index is -0.0504. The Bertz CT molecular complexity index is 939. The van der Waals surface area contributed by atoms with E-state index in [1.54, 1.807) is 17.4 Å². The maximum Gasteiger partial charge on any atom is 0.279 e. The van der Waals surface area contributed by atoms with Crippen molar-refractivity contribution in [3.63, 3.8) is 0 Å². The summed E-state index contributed by atoms with van der Waals surface area (Å²) < 4.78 is 10.7. The van der Waals surface area contributed by atoms with Crippen molar-refractivity contribution in [3.8, 4) is 11.5 Å². The van der Waals surface area contributed by atoms with Gasteiger partial charge in [-0.05, 0) is 35.6 Å². The summed E-state index contributed by atoms with van der Waals surface area (Å²) in [6, 6.07) is 18.4. The molecule has 0 radical (unpaired) electrons. The second kappa shape index (κ2) is 8.46. The van der Waals surface area contributed by atoms with Gasteiger partial charge >= 0.3 is 0 Å². The number of aryl methyl sites for hydroxylation is 1. The number of anilines is 1. The molecule has 1 aliphatic heterocycles. The van der Waals surface area contributed by atoms with Crippen LogP contribution < -0.4 is 20.1 Å². The Labute approximate surface area is 168 Å². The van der Waals surface area contributed by atoms with Crippen molar-refractivity contribution in [2.45, 2.75) is 19.4 Å². The molecule has 3 N–H and O–H groups in total. The predicted octanol–water partition coefficient (Wildman–Crippen LogP) is 3.33. The highest BCUT2D eigenvalue weighted by Gasteiger charge is 2.20. The maximum atomic E-state index is 12.5. The second-order valence-corrected chi connectivity index (χ2v) is 7.62. The Morgan fingerprint density at radius 1 is 1.14 bits per heavy atom. The van der Waals surface area contributed by atoms with E-state index in [1.807, 2.05) is 18.2 Å². The van der Waals surface area contributed by atoms with Crippen LogP contribution in [0.15, 0.2) is 60.0 Å². The molecule has 0 aliphatic carbocycles. The second-order valence-electron chi connectivity index (χ2n) is 6.64. The summed E-state index contributed by atoms with van der Waals surface area (Å²) in [5.74, 6) is 1.32. The lowest BCUT2D eigenvalue weighted by Gasteiger charge is -2.15. The molecule has 0 saturated carbocycles. The first-order valence-electron chi connectivity index (χ1n) is 9.38. The van der Waals surface area contributed by atoms with Crippen LogP contribution in [0.5, 0.6) is 11.5 Å². The number of fused-ring (bicyclic) bond motifs is 1. The van der Waals surface area contributed by atoms with E-state index in [9.17, 15) is 4.79 Å². The number of hydrogen-bond acceptors (Lipinski definition) is 4. The molecule has 3 aromatic rings. The molecule has 4 rings (SSSR count). The minimum absolute atomic E-state index is 0.0504. The Morgan fingerprint density at radius 3 is 2.71 bits per heavy atom. The zero-order chi connectivity index (χ0) is 19.3. The summed E-state index contributed by atoms with van der Waals surface area (Å²) in [5, 5.41) is 7.09. The molecule has 0 unspecified atom stereocenters. The Balaban J connectivity index is 1.43. The quantitative estimate of drug-likeness (QED) is 0.645. The highest BCUT2D eigenvalue weighted by molar-refractivity contribution is 7.10. The molecule has 1 amide bonds. The van der Waals surface area contributed by atoms with Gasteiger partial charge in [-0.2, -0.15) is 0 Å². The van der Waals surface area contributed by atoms with Gasteiger partial charge < -0.3 is 20.1 Å². The normalized spacial score (nSPS) is 13.3. The van der Waals surface area contributed by atoms with E-state index in [4.69, 9.17) is 9.47 Å². The van der Waals surface area contributed by atoms with Gasteiger partial charge in [0, 0.05) is 17.3 Å². The van der Waals surface area contributed by atoms with Crippen molar-refractivity contribution in [1.82, 2.24) is 0 Å². The Hall–Kier alpha value is -2.83. The Morgan fingerprint density at radius 2 is 1.96 bits per heavy atom. The van der Waals surface area contributed by atoms with E-state index in [0.29, 0.717) is 23.7 Å². The molecule has 1 aliphatic rings. The van der Waals surface area contributed by atoms with Crippen molar-refractivity contribution in [2.24, 2.45) is 0 Å². The number of nitrogens with one attached hydrogen (secondary N) is 1. The van der Waals surface area contributed by atoms with E-state index in [2.05, 4.69) is 53.3 Å². The zero-order valence-corrected chi connectivity index (χ0v) is 16.5. The van der Waals surface area contributed by atoms with Crippen LogP contribution in [0, 0.1) is 0 Å². The van der Waals surface area contributed by atoms with Gasteiger partial charge in [-0.1, -0.05) is 37.3 Å².